The van der Waals surface area contributed by atoms with Gasteiger partial charge in [-0.25, -0.2) is 0 Å². The van der Waals surface area contributed by atoms with Gasteiger partial charge in [-0.15, -0.1) is 0 Å². The Labute approximate surface area is 116 Å². The maximum atomic E-state index is 11.6. The number of hydrogen-bond acceptors (Lipinski definition) is 6. The minimum atomic E-state index is -0.189. The molecule has 0 bridgehead atoms. The fourth-order valence-corrected chi connectivity index (χ4v) is 2.75. The monoisotopic (exact) mass is 288 g/mol. The first-order chi connectivity index (χ1) is 8.70. The molecule has 0 saturated heterocycles. The Hall–Kier alpha value is -0.950. The third-order valence-corrected chi connectivity index (χ3v) is 4.00. The highest BCUT2D eigenvalue weighted by Crippen LogP contribution is 2.26. The average molecular weight is 288 g/mol. The summed E-state index contributed by atoms with van der Waals surface area (Å²) in [6, 6.07) is 0. The molecule has 0 aliphatic carbocycles. The van der Waals surface area contributed by atoms with Gasteiger partial charge in [-0.2, -0.15) is 16.1 Å². The summed E-state index contributed by atoms with van der Waals surface area (Å²) in [7, 11) is 1.59. The Bertz CT molecular complexity index is 381. The molecule has 0 fully saturated rings. The van der Waals surface area contributed by atoms with Crippen molar-refractivity contribution in [1.29, 1.82) is 0 Å². The van der Waals surface area contributed by atoms with Crippen LogP contribution in [0.4, 0.5) is 10.8 Å². The van der Waals surface area contributed by atoms with Gasteiger partial charge in [0.15, 0.2) is 5.82 Å². The molecular weight excluding hydrogens is 268 g/mol. The van der Waals surface area contributed by atoms with E-state index in [2.05, 4.69) is 21.3 Å². The fourth-order valence-electron chi connectivity index (χ4n) is 1.52. The largest absolute Gasteiger partial charge is 0.382 e. The normalized spacial score (nSPS) is 10.3. The van der Waals surface area contributed by atoms with Gasteiger partial charge in [-0.3, -0.25) is 4.79 Å². The van der Waals surface area contributed by atoms with Crippen LogP contribution in [0.25, 0.3) is 0 Å². The summed E-state index contributed by atoms with van der Waals surface area (Å²) in [6.45, 7) is 0.847. The van der Waals surface area contributed by atoms with Crippen molar-refractivity contribution < 1.29 is 4.79 Å². The summed E-state index contributed by atoms with van der Waals surface area (Å²) >= 11 is 3.11. The molecule has 1 aromatic rings. The lowest BCUT2D eigenvalue weighted by Gasteiger charge is -2.06. The highest BCUT2D eigenvalue weighted by Gasteiger charge is 2.17. The molecule has 7 heteroatoms. The molecule has 0 unspecified atom stereocenters. The third-order valence-electron chi connectivity index (χ3n) is 2.48. The molecule has 102 valence electrons. The van der Waals surface area contributed by atoms with Crippen LogP contribution in [0.15, 0.2) is 0 Å². The van der Waals surface area contributed by atoms with E-state index in [1.165, 1.54) is 30.1 Å². The first kappa shape index (κ1) is 15.1. The van der Waals surface area contributed by atoms with Crippen molar-refractivity contribution in [2.45, 2.75) is 19.3 Å². The summed E-state index contributed by atoms with van der Waals surface area (Å²) in [5, 5.41) is 6.57. The zero-order valence-corrected chi connectivity index (χ0v) is 12.4. The van der Waals surface area contributed by atoms with Gasteiger partial charge in [0.1, 0.15) is 10.6 Å². The van der Waals surface area contributed by atoms with E-state index in [0.29, 0.717) is 11.4 Å². The molecule has 0 radical (unpaired) electrons. The molecule has 0 aromatic carbocycles. The molecular formula is C11H20N4OS2. The summed E-state index contributed by atoms with van der Waals surface area (Å²) in [5.41, 5.74) is 6.15. The number of thioether (sulfide) groups is 1. The highest BCUT2D eigenvalue weighted by atomic mass is 32.2. The molecule has 0 saturated carbocycles. The number of amides is 1. The third kappa shape index (κ3) is 4.38. The Morgan fingerprint density at radius 1 is 1.44 bits per heavy atom. The van der Waals surface area contributed by atoms with Crippen LogP contribution in [-0.2, 0) is 0 Å². The number of nitrogen functional groups attached to an aromatic ring is 1. The van der Waals surface area contributed by atoms with E-state index >= 15 is 0 Å². The van der Waals surface area contributed by atoms with Crippen LogP contribution in [0.1, 0.15) is 29.6 Å². The van der Waals surface area contributed by atoms with Crippen molar-refractivity contribution in [2.75, 3.05) is 36.7 Å². The van der Waals surface area contributed by atoms with Crippen molar-refractivity contribution >= 4 is 40.0 Å². The second-order valence-electron chi connectivity index (χ2n) is 3.83. The van der Waals surface area contributed by atoms with Crippen LogP contribution in [0.3, 0.4) is 0 Å². The van der Waals surface area contributed by atoms with Crippen LogP contribution >= 0.6 is 23.3 Å². The SMILES string of the molecule is CNC(=O)c1c(N)nsc1NCCCCCSC. The minimum Gasteiger partial charge on any atom is -0.382 e. The molecule has 0 aliphatic heterocycles. The standard InChI is InChI=1S/C11H20N4OS2/c1-13-10(16)8-9(12)15-18-11(8)14-6-4-3-5-7-17-2/h14H,3-7H2,1-2H3,(H2,12,15)(H,13,16). The Balaban J connectivity index is 2.40. The van der Waals surface area contributed by atoms with Crippen LogP contribution in [0.2, 0.25) is 0 Å². The topological polar surface area (TPSA) is 80.0 Å². The predicted octanol–water partition coefficient (Wildman–Crippen LogP) is 2.03. The van der Waals surface area contributed by atoms with Gasteiger partial charge in [0.2, 0.25) is 0 Å². The molecule has 1 aromatic heterocycles. The van der Waals surface area contributed by atoms with Gasteiger partial charge in [0.25, 0.3) is 5.91 Å². The number of carbonyl (C=O) groups is 1. The molecule has 1 amide bonds. The number of nitrogens with two attached hydrogens (primary N) is 1. The van der Waals surface area contributed by atoms with Crippen molar-refractivity contribution in [3.05, 3.63) is 5.56 Å². The van der Waals surface area contributed by atoms with Gasteiger partial charge >= 0.3 is 0 Å². The number of carbonyl (C=O) groups excluding carboxylic acids is 1. The number of hydrogen-bond donors (Lipinski definition) is 3. The average Bonchev–Trinajstić information content (AvgIpc) is 2.74. The summed E-state index contributed by atoms with van der Waals surface area (Å²) in [4.78, 5) is 11.6. The van der Waals surface area contributed by atoms with Gasteiger partial charge < -0.3 is 16.4 Å². The summed E-state index contributed by atoms with van der Waals surface area (Å²) in [5.74, 6) is 1.31. The van der Waals surface area contributed by atoms with Crippen molar-refractivity contribution in [3.8, 4) is 0 Å². The number of nitrogens with one attached hydrogen (secondary N) is 2. The Kier molecular flexibility index (Phi) is 6.89. The van der Waals surface area contributed by atoms with E-state index in [4.69, 9.17) is 5.73 Å². The van der Waals surface area contributed by atoms with Crippen LogP contribution in [0, 0.1) is 0 Å². The van der Waals surface area contributed by atoms with E-state index in [-0.39, 0.29) is 5.91 Å². The number of rotatable bonds is 8. The maximum absolute atomic E-state index is 11.6. The van der Waals surface area contributed by atoms with Crippen molar-refractivity contribution in [2.24, 2.45) is 0 Å². The lowest BCUT2D eigenvalue weighted by atomic mass is 10.2. The zero-order chi connectivity index (χ0) is 13.4. The van der Waals surface area contributed by atoms with E-state index in [1.807, 2.05) is 11.8 Å². The lowest BCUT2D eigenvalue weighted by molar-refractivity contribution is 0.0965. The smallest absolute Gasteiger partial charge is 0.257 e. The quantitative estimate of drug-likeness (QED) is 0.638. The highest BCUT2D eigenvalue weighted by molar-refractivity contribution is 7.98. The number of anilines is 2. The molecule has 0 aliphatic rings. The maximum Gasteiger partial charge on any atom is 0.257 e. The first-order valence-corrected chi connectivity index (χ1v) is 8.07. The van der Waals surface area contributed by atoms with Gasteiger partial charge in [0.05, 0.1) is 0 Å². The molecule has 1 rings (SSSR count). The lowest BCUT2D eigenvalue weighted by Crippen LogP contribution is -2.20. The second-order valence-corrected chi connectivity index (χ2v) is 5.59. The van der Waals surface area contributed by atoms with E-state index < -0.39 is 0 Å². The first-order valence-electron chi connectivity index (χ1n) is 5.90. The second kappa shape index (κ2) is 8.20. The number of nitrogens with zero attached hydrogens (tertiary/aromatic N) is 1. The Morgan fingerprint density at radius 2 is 2.22 bits per heavy atom. The molecule has 5 nitrogen and oxygen atoms in total. The van der Waals surface area contributed by atoms with Gasteiger partial charge in [-0.05, 0) is 36.4 Å². The zero-order valence-electron chi connectivity index (χ0n) is 10.8. The molecule has 1 heterocycles. The van der Waals surface area contributed by atoms with Gasteiger partial charge in [-0.1, -0.05) is 6.42 Å². The summed E-state index contributed by atoms with van der Waals surface area (Å²) in [6.07, 6.45) is 5.63. The minimum absolute atomic E-state index is 0.189. The Morgan fingerprint density at radius 3 is 2.89 bits per heavy atom. The van der Waals surface area contributed by atoms with Crippen LogP contribution in [-0.4, -0.2) is 35.9 Å². The molecule has 18 heavy (non-hydrogen) atoms. The molecule has 4 N–H and O–H groups in total. The van der Waals surface area contributed by atoms with E-state index in [0.717, 1.165) is 18.0 Å². The van der Waals surface area contributed by atoms with E-state index in [9.17, 15) is 4.79 Å². The van der Waals surface area contributed by atoms with Crippen molar-refractivity contribution in [3.63, 3.8) is 0 Å². The molecule has 0 atom stereocenters. The van der Waals surface area contributed by atoms with Crippen LogP contribution < -0.4 is 16.4 Å². The number of aromatic nitrogens is 1. The molecule has 0 spiro atoms. The van der Waals surface area contributed by atoms with Crippen LogP contribution in [0.5, 0.6) is 0 Å². The summed E-state index contributed by atoms with van der Waals surface area (Å²) < 4.78 is 4.01. The van der Waals surface area contributed by atoms with Gasteiger partial charge in [0, 0.05) is 13.6 Å². The van der Waals surface area contributed by atoms with Crippen molar-refractivity contribution in [1.82, 2.24) is 9.69 Å². The fraction of sp³-hybridized carbons (Fsp3) is 0.636. The van der Waals surface area contributed by atoms with E-state index in [1.54, 1.807) is 7.05 Å². The number of unbranched alkanes of at least 4 members (excludes halogenated alkanes) is 2. The predicted molar refractivity (Wildman–Crippen MR) is 80.6 cm³/mol.